The molecule has 1 fully saturated rings. The number of rotatable bonds is 3. The summed E-state index contributed by atoms with van der Waals surface area (Å²) in [4.78, 5) is 4.57. The van der Waals surface area contributed by atoms with Crippen molar-refractivity contribution >= 4 is 12.0 Å². The molecular formula is C16H23F3N6. The van der Waals surface area contributed by atoms with Crippen LogP contribution in [0.4, 0.5) is 18.9 Å². The van der Waals surface area contributed by atoms with Crippen LogP contribution in [0.1, 0.15) is 19.4 Å². The van der Waals surface area contributed by atoms with Crippen LogP contribution in [0, 0.1) is 0 Å². The Morgan fingerprint density at radius 2 is 2.04 bits per heavy atom. The second-order valence-corrected chi connectivity index (χ2v) is 7.13. The predicted octanol–water partition coefficient (Wildman–Crippen LogP) is 1.67. The molecule has 6 nitrogen and oxygen atoms in total. The number of hydrogen-bond donors (Lipinski definition) is 1. The molecule has 3 rings (SSSR count). The van der Waals surface area contributed by atoms with E-state index in [1.165, 1.54) is 6.07 Å². The second-order valence-electron chi connectivity index (χ2n) is 7.13. The van der Waals surface area contributed by atoms with Crippen LogP contribution in [0.2, 0.25) is 0 Å². The Labute approximate surface area is 145 Å². The van der Waals surface area contributed by atoms with Gasteiger partial charge in [-0.15, -0.1) is 0 Å². The average molecular weight is 356 g/mol. The van der Waals surface area contributed by atoms with E-state index in [-0.39, 0.29) is 5.54 Å². The van der Waals surface area contributed by atoms with Crippen molar-refractivity contribution in [3.8, 4) is 0 Å². The number of benzene rings is 1. The number of likely N-dealkylation sites (N-methyl/N-ethyl adjacent to an activating group) is 1. The van der Waals surface area contributed by atoms with Gasteiger partial charge in [0.05, 0.1) is 5.56 Å². The van der Waals surface area contributed by atoms with Crippen LogP contribution in [-0.4, -0.2) is 60.0 Å². The molecule has 1 N–H and O–H groups in total. The van der Waals surface area contributed by atoms with Crippen molar-refractivity contribution in [2.24, 2.45) is 5.10 Å². The van der Waals surface area contributed by atoms with E-state index in [9.17, 15) is 13.2 Å². The number of alkyl halides is 3. The zero-order valence-corrected chi connectivity index (χ0v) is 14.6. The molecule has 2 aliphatic rings. The van der Waals surface area contributed by atoms with E-state index in [0.29, 0.717) is 17.5 Å². The quantitative estimate of drug-likeness (QED) is 0.896. The predicted molar refractivity (Wildman–Crippen MR) is 88.9 cm³/mol. The average Bonchev–Trinajstić information content (AvgIpc) is 2.98. The summed E-state index contributed by atoms with van der Waals surface area (Å²) in [5, 5.41) is 6.15. The normalized spacial score (nSPS) is 24.6. The van der Waals surface area contributed by atoms with E-state index in [1.54, 1.807) is 17.4 Å². The molecule has 1 aromatic carbocycles. The first kappa shape index (κ1) is 18.0. The van der Waals surface area contributed by atoms with E-state index in [2.05, 4.69) is 41.3 Å². The molecule has 2 heterocycles. The third-order valence-electron chi connectivity index (χ3n) is 4.81. The topological polar surface area (TPSA) is 40.6 Å². The summed E-state index contributed by atoms with van der Waals surface area (Å²) in [6, 6.07) is 5.21. The van der Waals surface area contributed by atoms with Crippen LogP contribution < -0.4 is 5.12 Å². The lowest BCUT2D eigenvalue weighted by Crippen LogP contribution is -3.08. The van der Waals surface area contributed by atoms with Gasteiger partial charge >= 0.3 is 6.18 Å². The number of nitrogens with one attached hydrogen (secondary N) is 1. The first-order chi connectivity index (χ1) is 11.7. The molecule has 0 radical (unpaired) electrons. The molecule has 25 heavy (non-hydrogen) atoms. The fourth-order valence-electron chi connectivity index (χ4n) is 3.09. The third kappa shape index (κ3) is 3.88. The number of quaternary nitrogens is 1. The number of nitrogens with zero attached hydrogens (tertiary/aromatic N) is 5. The largest absolute Gasteiger partial charge is 0.416 e. The molecule has 0 bridgehead atoms. The van der Waals surface area contributed by atoms with Crippen LogP contribution in [-0.2, 0) is 6.18 Å². The molecule has 9 heteroatoms. The highest BCUT2D eigenvalue weighted by molar-refractivity contribution is 5.56. The fraction of sp³-hybridized carbons (Fsp3) is 0.562. The van der Waals surface area contributed by atoms with Crippen LogP contribution >= 0.6 is 0 Å². The minimum absolute atomic E-state index is 0.0443. The molecule has 0 spiro atoms. The molecule has 0 saturated carbocycles. The van der Waals surface area contributed by atoms with Gasteiger partial charge in [-0.3, -0.25) is 9.80 Å². The summed E-state index contributed by atoms with van der Waals surface area (Å²) < 4.78 is 38.8. The Balaban J connectivity index is 1.72. The van der Waals surface area contributed by atoms with Gasteiger partial charge in [-0.1, -0.05) is 6.07 Å². The summed E-state index contributed by atoms with van der Waals surface area (Å²) in [7, 11) is 2.10. The molecule has 0 aromatic heterocycles. The van der Waals surface area contributed by atoms with Crippen molar-refractivity contribution in [2.45, 2.75) is 25.6 Å². The lowest BCUT2D eigenvalue weighted by Gasteiger charge is -2.46. The molecular weight excluding hydrogens is 333 g/mol. The Kier molecular flexibility index (Phi) is 4.65. The lowest BCUT2D eigenvalue weighted by molar-refractivity contribution is -0.903. The van der Waals surface area contributed by atoms with Crippen molar-refractivity contribution in [3.05, 3.63) is 35.4 Å². The molecule has 1 unspecified atom stereocenters. The summed E-state index contributed by atoms with van der Waals surface area (Å²) in [5.74, 6) is 0. The van der Waals surface area contributed by atoms with Crippen LogP contribution in [0.3, 0.4) is 0 Å². The summed E-state index contributed by atoms with van der Waals surface area (Å²) in [6.45, 7) is 7.60. The maximum absolute atomic E-state index is 12.9. The van der Waals surface area contributed by atoms with Gasteiger partial charge in [-0.25, -0.2) is 10.1 Å². The van der Waals surface area contributed by atoms with Gasteiger partial charge in [0, 0.05) is 37.3 Å². The smallest absolute Gasteiger partial charge is 0.372 e. The van der Waals surface area contributed by atoms with E-state index in [4.69, 9.17) is 0 Å². The summed E-state index contributed by atoms with van der Waals surface area (Å²) in [6.07, 6.45) is -2.80. The van der Waals surface area contributed by atoms with E-state index < -0.39 is 11.7 Å². The van der Waals surface area contributed by atoms with Gasteiger partial charge in [0.25, 0.3) is 0 Å². The standard InChI is InChI=1S/C16H23F3N6/c1-15(2)10-23(8-7-22(15)3)12-24-11-20-21-25(24)14-6-4-5-13(9-14)16(17,18)19/h4-6,9,11,25H,7-8,10,12H2,1-3H3. The number of hydrogen-bond acceptors (Lipinski definition) is 4. The van der Waals surface area contributed by atoms with Gasteiger partial charge in [0.1, 0.15) is 13.0 Å². The molecule has 1 aromatic rings. The van der Waals surface area contributed by atoms with Crippen molar-refractivity contribution in [1.29, 1.82) is 0 Å². The van der Waals surface area contributed by atoms with E-state index >= 15 is 0 Å². The monoisotopic (exact) mass is 356 g/mol. The third-order valence-corrected chi connectivity index (χ3v) is 4.81. The molecule has 0 aliphatic carbocycles. The SMILES string of the molecule is CN1CCN(CN2C=N[N-][NH+]2c2cccc(C(F)(F)F)c2)CC1(C)C. The molecule has 2 aliphatic heterocycles. The van der Waals surface area contributed by atoms with E-state index in [1.807, 2.05) is 0 Å². The molecule has 1 saturated heterocycles. The first-order valence-electron chi connectivity index (χ1n) is 8.16. The lowest BCUT2D eigenvalue weighted by atomic mass is 10.0. The molecule has 138 valence electrons. The Bertz CT molecular complexity index is 645. The first-order valence-corrected chi connectivity index (χ1v) is 8.16. The van der Waals surface area contributed by atoms with Crippen molar-refractivity contribution in [1.82, 2.24) is 14.8 Å². The highest BCUT2D eigenvalue weighted by Crippen LogP contribution is 2.30. The number of halogens is 3. The Morgan fingerprint density at radius 1 is 1.28 bits per heavy atom. The van der Waals surface area contributed by atoms with Gasteiger partial charge < -0.3 is 10.6 Å². The van der Waals surface area contributed by atoms with Gasteiger partial charge in [0.2, 0.25) is 0 Å². The Morgan fingerprint density at radius 3 is 2.72 bits per heavy atom. The minimum Gasteiger partial charge on any atom is -0.372 e. The van der Waals surface area contributed by atoms with Gasteiger partial charge in [-0.2, -0.15) is 13.2 Å². The van der Waals surface area contributed by atoms with Crippen LogP contribution in [0.15, 0.2) is 29.4 Å². The Hall–Kier alpha value is -1.84. The fourth-order valence-corrected chi connectivity index (χ4v) is 3.09. The van der Waals surface area contributed by atoms with Crippen molar-refractivity contribution in [2.75, 3.05) is 33.4 Å². The summed E-state index contributed by atoms with van der Waals surface area (Å²) in [5.41, 5.74) is 3.82. The van der Waals surface area contributed by atoms with Gasteiger partial charge in [0.15, 0.2) is 5.69 Å². The summed E-state index contributed by atoms with van der Waals surface area (Å²) >= 11 is 0. The maximum atomic E-state index is 12.9. The maximum Gasteiger partial charge on any atom is 0.416 e. The van der Waals surface area contributed by atoms with Crippen LogP contribution in [0.25, 0.3) is 5.53 Å². The zero-order valence-electron chi connectivity index (χ0n) is 14.6. The van der Waals surface area contributed by atoms with Gasteiger partial charge in [-0.05, 0) is 27.0 Å². The molecule has 0 amide bonds. The van der Waals surface area contributed by atoms with Crippen LogP contribution in [0.5, 0.6) is 0 Å². The number of piperazine rings is 1. The van der Waals surface area contributed by atoms with Crippen molar-refractivity contribution < 1.29 is 18.3 Å². The van der Waals surface area contributed by atoms with E-state index in [0.717, 1.165) is 31.8 Å². The van der Waals surface area contributed by atoms with Crippen molar-refractivity contribution in [3.63, 3.8) is 0 Å². The highest BCUT2D eigenvalue weighted by atomic mass is 19.4. The molecule has 1 atom stereocenters. The second kappa shape index (κ2) is 6.47. The highest BCUT2D eigenvalue weighted by Gasteiger charge is 2.34. The minimum atomic E-state index is -4.37. The zero-order chi connectivity index (χ0) is 18.2.